The number of allylic oxidation sites excluding steroid dienone is 8. The van der Waals surface area contributed by atoms with Crippen LogP contribution in [0.3, 0.4) is 0 Å². The lowest BCUT2D eigenvalue weighted by atomic mass is 10.0. The van der Waals surface area contributed by atoms with Crippen LogP contribution in [-0.2, 0) is 28.6 Å². The zero-order valence-electron chi connectivity index (χ0n) is 46.8. The molecule has 0 bridgehead atoms. The van der Waals surface area contributed by atoms with Crippen LogP contribution in [0, 0.1) is 0 Å². The first-order valence-electron chi connectivity index (χ1n) is 30.6. The summed E-state index contributed by atoms with van der Waals surface area (Å²) in [6.45, 7) is 6.56. The lowest BCUT2D eigenvalue weighted by Gasteiger charge is -2.18. The molecule has 0 aromatic carbocycles. The molecule has 408 valence electrons. The number of unbranched alkanes of at least 4 members (excludes halogenated alkanes) is 37. The Morgan fingerprint density at radius 1 is 0.300 bits per heavy atom. The monoisotopic (exact) mass is 981 g/mol. The van der Waals surface area contributed by atoms with Crippen molar-refractivity contribution in [1.29, 1.82) is 0 Å². The summed E-state index contributed by atoms with van der Waals surface area (Å²) in [5.41, 5.74) is 0. The summed E-state index contributed by atoms with van der Waals surface area (Å²) in [5.74, 6) is -0.877. The number of rotatable bonds is 56. The summed E-state index contributed by atoms with van der Waals surface area (Å²) in [5, 5.41) is 0. The highest BCUT2D eigenvalue weighted by Gasteiger charge is 2.19. The molecular weight excluding hydrogens is 865 g/mol. The van der Waals surface area contributed by atoms with Crippen LogP contribution in [0.5, 0.6) is 0 Å². The predicted octanol–water partition coefficient (Wildman–Crippen LogP) is 20.6. The largest absolute Gasteiger partial charge is 0.462 e. The highest BCUT2D eigenvalue weighted by molar-refractivity contribution is 5.71. The standard InChI is InChI=1S/C64H116O6/c1-4-7-10-13-16-19-22-25-28-30-31-32-34-36-39-42-45-48-51-54-57-63(66)69-60-61(59-68-62(65)56-53-50-47-44-41-38-35-27-24-21-18-15-12-9-6-3)70-64(67)58-55-52-49-46-43-40-37-33-29-26-23-20-17-14-11-8-5-2/h8,11,17,20,26-27,29,35,61H,4-7,9-10,12-16,18-19,21-25,28,30-34,36-60H2,1-3H3/b11-8-,20-17-,29-26-,35-27-. The van der Waals surface area contributed by atoms with Crippen LogP contribution in [0.25, 0.3) is 0 Å². The molecule has 1 atom stereocenters. The van der Waals surface area contributed by atoms with Crippen molar-refractivity contribution >= 4 is 17.9 Å². The van der Waals surface area contributed by atoms with Gasteiger partial charge < -0.3 is 14.2 Å². The fourth-order valence-corrected chi connectivity index (χ4v) is 8.98. The third-order valence-corrected chi connectivity index (χ3v) is 13.6. The van der Waals surface area contributed by atoms with E-state index < -0.39 is 6.10 Å². The second-order valence-corrected chi connectivity index (χ2v) is 20.6. The van der Waals surface area contributed by atoms with E-state index in [0.29, 0.717) is 19.3 Å². The van der Waals surface area contributed by atoms with Gasteiger partial charge in [-0.3, -0.25) is 14.4 Å². The van der Waals surface area contributed by atoms with Crippen LogP contribution in [0.1, 0.15) is 323 Å². The van der Waals surface area contributed by atoms with Crippen LogP contribution >= 0.6 is 0 Å². The van der Waals surface area contributed by atoms with Crippen molar-refractivity contribution < 1.29 is 28.6 Å². The third kappa shape index (κ3) is 56.3. The van der Waals surface area contributed by atoms with Crippen molar-refractivity contribution in [2.75, 3.05) is 13.2 Å². The number of carbonyl (C=O) groups excluding carboxylic acids is 3. The zero-order chi connectivity index (χ0) is 50.7. The molecule has 0 N–H and O–H groups in total. The van der Waals surface area contributed by atoms with Gasteiger partial charge in [-0.2, -0.15) is 0 Å². The lowest BCUT2D eigenvalue weighted by Crippen LogP contribution is -2.30. The number of hydrogen-bond donors (Lipinski definition) is 0. The van der Waals surface area contributed by atoms with E-state index >= 15 is 0 Å². The Labute approximate surface area is 435 Å². The summed E-state index contributed by atoms with van der Waals surface area (Å²) < 4.78 is 16.9. The molecule has 0 aromatic rings. The molecule has 0 heterocycles. The molecule has 0 aliphatic carbocycles. The van der Waals surface area contributed by atoms with E-state index in [1.54, 1.807) is 0 Å². The first kappa shape index (κ1) is 67.4. The molecule has 0 radical (unpaired) electrons. The van der Waals surface area contributed by atoms with Crippen LogP contribution in [0.4, 0.5) is 0 Å². The summed E-state index contributed by atoms with van der Waals surface area (Å²) in [4.78, 5) is 38.2. The molecule has 0 fully saturated rings. The molecule has 6 nitrogen and oxygen atoms in total. The first-order valence-corrected chi connectivity index (χ1v) is 30.6. The second kappa shape index (κ2) is 58.9. The van der Waals surface area contributed by atoms with Crippen LogP contribution in [-0.4, -0.2) is 37.2 Å². The minimum atomic E-state index is -0.780. The van der Waals surface area contributed by atoms with Crippen molar-refractivity contribution in [3.63, 3.8) is 0 Å². The summed E-state index contributed by atoms with van der Waals surface area (Å²) in [6.07, 6.45) is 72.5. The molecule has 0 aliphatic rings. The number of esters is 3. The van der Waals surface area contributed by atoms with E-state index in [4.69, 9.17) is 14.2 Å². The van der Waals surface area contributed by atoms with Crippen LogP contribution < -0.4 is 0 Å². The Hall–Kier alpha value is -2.63. The van der Waals surface area contributed by atoms with Crippen LogP contribution in [0.2, 0.25) is 0 Å². The van der Waals surface area contributed by atoms with Gasteiger partial charge in [0.2, 0.25) is 0 Å². The van der Waals surface area contributed by atoms with Gasteiger partial charge in [-0.05, 0) is 77.0 Å². The smallest absolute Gasteiger partial charge is 0.306 e. The minimum absolute atomic E-state index is 0.0764. The maximum atomic E-state index is 12.9. The highest BCUT2D eigenvalue weighted by Crippen LogP contribution is 2.17. The Bertz CT molecular complexity index is 1220. The first-order chi connectivity index (χ1) is 34.5. The SMILES string of the molecule is CC/C=C\C/C=C\C/C=C\CCCCCCCCCC(=O)OC(COC(=O)CCCCCCC/C=C\CCCCCCCC)COC(=O)CCCCCCCCCCCCCCCCCCCCCC. The molecule has 0 aromatic heterocycles. The molecule has 0 amide bonds. The minimum Gasteiger partial charge on any atom is -0.462 e. The van der Waals surface area contributed by atoms with E-state index in [-0.39, 0.29) is 31.1 Å². The average molecular weight is 982 g/mol. The molecule has 0 saturated heterocycles. The molecule has 0 spiro atoms. The Morgan fingerprint density at radius 2 is 0.557 bits per heavy atom. The predicted molar refractivity (Wildman–Crippen MR) is 302 cm³/mol. The van der Waals surface area contributed by atoms with Gasteiger partial charge in [0.05, 0.1) is 0 Å². The van der Waals surface area contributed by atoms with E-state index in [9.17, 15) is 14.4 Å². The Balaban J connectivity index is 4.34. The maximum Gasteiger partial charge on any atom is 0.306 e. The summed E-state index contributed by atoms with van der Waals surface area (Å²) >= 11 is 0. The van der Waals surface area contributed by atoms with E-state index in [2.05, 4.69) is 69.4 Å². The second-order valence-electron chi connectivity index (χ2n) is 20.6. The van der Waals surface area contributed by atoms with Crippen molar-refractivity contribution in [2.24, 2.45) is 0 Å². The van der Waals surface area contributed by atoms with Crippen molar-refractivity contribution in [2.45, 2.75) is 329 Å². The van der Waals surface area contributed by atoms with Crippen molar-refractivity contribution in [3.05, 3.63) is 48.6 Å². The third-order valence-electron chi connectivity index (χ3n) is 13.6. The van der Waals surface area contributed by atoms with Crippen molar-refractivity contribution in [1.82, 2.24) is 0 Å². The van der Waals surface area contributed by atoms with Crippen molar-refractivity contribution in [3.8, 4) is 0 Å². The molecular formula is C64H116O6. The fraction of sp³-hybridized carbons (Fsp3) is 0.828. The Kier molecular flexibility index (Phi) is 56.7. The number of carbonyl (C=O) groups is 3. The fourth-order valence-electron chi connectivity index (χ4n) is 8.98. The van der Waals surface area contributed by atoms with Gasteiger partial charge in [0, 0.05) is 19.3 Å². The van der Waals surface area contributed by atoms with Gasteiger partial charge in [-0.15, -0.1) is 0 Å². The van der Waals surface area contributed by atoms with E-state index in [0.717, 1.165) is 89.9 Å². The summed E-state index contributed by atoms with van der Waals surface area (Å²) in [6, 6.07) is 0. The number of ether oxygens (including phenoxy) is 3. The van der Waals surface area contributed by atoms with E-state index in [1.807, 2.05) is 0 Å². The molecule has 0 saturated carbocycles. The highest BCUT2D eigenvalue weighted by atomic mass is 16.6. The summed E-state index contributed by atoms with van der Waals surface area (Å²) in [7, 11) is 0. The van der Waals surface area contributed by atoms with Gasteiger partial charge in [-0.25, -0.2) is 0 Å². The molecule has 0 rings (SSSR count). The van der Waals surface area contributed by atoms with E-state index in [1.165, 1.54) is 193 Å². The number of hydrogen-bond acceptors (Lipinski definition) is 6. The Morgan fingerprint density at radius 3 is 0.886 bits per heavy atom. The maximum absolute atomic E-state index is 12.9. The molecule has 0 aliphatic heterocycles. The van der Waals surface area contributed by atoms with Gasteiger partial charge in [0.25, 0.3) is 0 Å². The van der Waals surface area contributed by atoms with Crippen LogP contribution in [0.15, 0.2) is 48.6 Å². The van der Waals surface area contributed by atoms with Gasteiger partial charge in [0.1, 0.15) is 13.2 Å². The zero-order valence-corrected chi connectivity index (χ0v) is 46.8. The van der Waals surface area contributed by atoms with Gasteiger partial charge in [-0.1, -0.05) is 275 Å². The molecule has 6 heteroatoms. The average Bonchev–Trinajstić information content (AvgIpc) is 3.36. The quantitative estimate of drug-likeness (QED) is 0.0261. The molecule has 1 unspecified atom stereocenters. The normalized spacial score (nSPS) is 12.3. The van der Waals surface area contributed by atoms with Gasteiger partial charge >= 0.3 is 17.9 Å². The van der Waals surface area contributed by atoms with Gasteiger partial charge in [0.15, 0.2) is 6.10 Å². The topological polar surface area (TPSA) is 78.9 Å². The molecule has 70 heavy (non-hydrogen) atoms. The lowest BCUT2D eigenvalue weighted by molar-refractivity contribution is -0.167.